The van der Waals surface area contributed by atoms with Gasteiger partial charge in [-0.25, -0.2) is 4.79 Å². The first-order valence-electron chi connectivity index (χ1n) is 5.45. The third kappa shape index (κ3) is 3.47. The SMILES string of the molecule is C[C@](O)(C(=O)O)[C@@H](NC(=O)c1ccccc1)C(F)(F)F. The van der Waals surface area contributed by atoms with Crippen LogP contribution in [-0.4, -0.2) is 39.9 Å². The molecule has 0 saturated heterocycles. The summed E-state index contributed by atoms with van der Waals surface area (Å²) in [4.78, 5) is 22.4. The highest BCUT2D eigenvalue weighted by atomic mass is 19.4. The summed E-state index contributed by atoms with van der Waals surface area (Å²) >= 11 is 0. The first-order chi connectivity index (χ1) is 9.06. The fraction of sp³-hybridized carbons (Fsp3) is 0.333. The molecule has 5 nitrogen and oxygen atoms in total. The average Bonchev–Trinajstić information content (AvgIpc) is 2.34. The second kappa shape index (κ2) is 5.49. The number of hydrogen-bond acceptors (Lipinski definition) is 3. The second-order valence-electron chi connectivity index (χ2n) is 4.27. The number of carboxylic acid groups (broad SMARTS) is 1. The Kier molecular flexibility index (Phi) is 4.39. The van der Waals surface area contributed by atoms with E-state index in [-0.39, 0.29) is 5.56 Å². The monoisotopic (exact) mass is 291 g/mol. The summed E-state index contributed by atoms with van der Waals surface area (Å²) in [7, 11) is 0. The van der Waals surface area contributed by atoms with Crippen LogP contribution in [0.3, 0.4) is 0 Å². The van der Waals surface area contributed by atoms with Crippen LogP contribution in [0.25, 0.3) is 0 Å². The zero-order valence-corrected chi connectivity index (χ0v) is 10.3. The van der Waals surface area contributed by atoms with Crippen molar-refractivity contribution < 1.29 is 33.0 Å². The molecule has 1 rings (SSSR count). The Labute approximate surface area is 112 Å². The summed E-state index contributed by atoms with van der Waals surface area (Å²) in [5, 5.41) is 19.6. The fourth-order valence-corrected chi connectivity index (χ4v) is 1.47. The van der Waals surface area contributed by atoms with E-state index in [0.29, 0.717) is 6.92 Å². The summed E-state index contributed by atoms with van der Waals surface area (Å²) < 4.78 is 38.4. The van der Waals surface area contributed by atoms with Crippen LogP contribution in [0.2, 0.25) is 0 Å². The lowest BCUT2D eigenvalue weighted by molar-refractivity contribution is -0.207. The van der Waals surface area contributed by atoms with Gasteiger partial charge in [0, 0.05) is 5.56 Å². The highest BCUT2D eigenvalue weighted by Gasteiger charge is 2.55. The van der Waals surface area contributed by atoms with Gasteiger partial charge >= 0.3 is 12.1 Å². The van der Waals surface area contributed by atoms with Crippen molar-refractivity contribution in [1.29, 1.82) is 0 Å². The first kappa shape index (κ1) is 16.0. The number of halogens is 3. The molecule has 0 aliphatic carbocycles. The predicted octanol–water partition coefficient (Wildman–Crippen LogP) is 1.18. The third-order valence-electron chi connectivity index (χ3n) is 2.63. The van der Waals surface area contributed by atoms with Crippen LogP contribution in [0.5, 0.6) is 0 Å². The van der Waals surface area contributed by atoms with Crippen molar-refractivity contribution in [3.05, 3.63) is 35.9 Å². The number of benzene rings is 1. The van der Waals surface area contributed by atoms with Gasteiger partial charge in [-0.15, -0.1) is 0 Å². The van der Waals surface area contributed by atoms with Crippen molar-refractivity contribution in [3.8, 4) is 0 Å². The highest BCUT2D eigenvalue weighted by Crippen LogP contribution is 2.28. The topological polar surface area (TPSA) is 86.6 Å². The molecule has 0 fully saturated rings. The molecular weight excluding hydrogens is 279 g/mol. The number of aliphatic hydroxyl groups is 1. The summed E-state index contributed by atoms with van der Waals surface area (Å²) in [5.41, 5.74) is -3.26. The van der Waals surface area contributed by atoms with Crippen molar-refractivity contribution in [1.82, 2.24) is 5.32 Å². The summed E-state index contributed by atoms with van der Waals surface area (Å²) in [6, 6.07) is 4.03. The second-order valence-corrected chi connectivity index (χ2v) is 4.27. The quantitative estimate of drug-likeness (QED) is 0.777. The molecule has 8 heteroatoms. The van der Waals surface area contributed by atoms with Crippen molar-refractivity contribution in [2.75, 3.05) is 0 Å². The van der Waals surface area contributed by atoms with Crippen LogP contribution in [0, 0.1) is 0 Å². The molecular formula is C12H12F3NO4. The van der Waals surface area contributed by atoms with Crippen LogP contribution in [0.1, 0.15) is 17.3 Å². The minimum Gasteiger partial charge on any atom is -0.479 e. The predicted molar refractivity (Wildman–Crippen MR) is 62.0 cm³/mol. The Bertz CT molecular complexity index is 499. The van der Waals surface area contributed by atoms with Gasteiger partial charge in [0.2, 0.25) is 0 Å². The van der Waals surface area contributed by atoms with E-state index in [2.05, 4.69) is 0 Å². The smallest absolute Gasteiger partial charge is 0.412 e. The van der Waals surface area contributed by atoms with Gasteiger partial charge in [0.25, 0.3) is 5.91 Å². The average molecular weight is 291 g/mol. The van der Waals surface area contributed by atoms with Crippen LogP contribution in [0.4, 0.5) is 13.2 Å². The number of carbonyl (C=O) groups excluding carboxylic acids is 1. The number of amides is 1. The van der Waals surface area contributed by atoms with E-state index in [0.717, 1.165) is 0 Å². The molecule has 1 aromatic rings. The molecule has 0 bridgehead atoms. The molecule has 0 aliphatic heterocycles. The maximum absolute atomic E-state index is 12.8. The van der Waals surface area contributed by atoms with Crippen molar-refractivity contribution in [2.24, 2.45) is 0 Å². The molecule has 0 heterocycles. The number of nitrogens with one attached hydrogen (secondary N) is 1. The molecule has 1 aromatic carbocycles. The maximum atomic E-state index is 12.8. The molecule has 0 radical (unpaired) electrons. The van der Waals surface area contributed by atoms with Crippen LogP contribution < -0.4 is 5.32 Å². The standard InChI is InChI=1S/C12H12F3NO4/c1-11(20,10(18)19)9(12(13,14)15)16-8(17)7-5-3-2-4-6-7/h2-6,9,20H,1H3,(H,16,17)(H,18,19)/t9-,11-/m1/s1. The summed E-state index contributed by atoms with van der Waals surface area (Å²) in [5.74, 6) is -3.22. The molecule has 1 amide bonds. The molecule has 2 atom stereocenters. The Hall–Kier alpha value is -2.09. The van der Waals surface area contributed by atoms with E-state index >= 15 is 0 Å². The van der Waals surface area contributed by atoms with Gasteiger partial charge in [0.05, 0.1) is 0 Å². The van der Waals surface area contributed by atoms with Crippen LogP contribution >= 0.6 is 0 Å². The van der Waals surface area contributed by atoms with Gasteiger partial charge in [-0.3, -0.25) is 4.79 Å². The van der Waals surface area contributed by atoms with E-state index in [1.807, 2.05) is 0 Å². The van der Waals surface area contributed by atoms with E-state index in [9.17, 15) is 27.9 Å². The lowest BCUT2D eigenvalue weighted by Crippen LogP contribution is -2.62. The Morgan fingerprint density at radius 1 is 1.20 bits per heavy atom. The fourth-order valence-electron chi connectivity index (χ4n) is 1.47. The summed E-state index contributed by atoms with van der Waals surface area (Å²) in [6.45, 7) is 0.471. The molecule has 20 heavy (non-hydrogen) atoms. The Morgan fingerprint density at radius 2 is 1.70 bits per heavy atom. The number of rotatable bonds is 4. The number of hydrogen-bond donors (Lipinski definition) is 3. The third-order valence-corrected chi connectivity index (χ3v) is 2.63. The molecule has 0 unspecified atom stereocenters. The number of carboxylic acids is 1. The van der Waals surface area contributed by atoms with Crippen LogP contribution in [0.15, 0.2) is 30.3 Å². The van der Waals surface area contributed by atoms with E-state index in [4.69, 9.17) is 5.11 Å². The minimum atomic E-state index is -5.12. The van der Waals surface area contributed by atoms with Crippen LogP contribution in [-0.2, 0) is 4.79 Å². The van der Waals surface area contributed by atoms with E-state index in [1.54, 1.807) is 6.07 Å². The van der Waals surface area contributed by atoms with Gasteiger partial charge in [0.15, 0.2) is 11.6 Å². The van der Waals surface area contributed by atoms with Crippen molar-refractivity contribution in [2.45, 2.75) is 24.7 Å². The van der Waals surface area contributed by atoms with Crippen molar-refractivity contribution in [3.63, 3.8) is 0 Å². The highest BCUT2D eigenvalue weighted by molar-refractivity contribution is 5.95. The van der Waals surface area contributed by atoms with Gasteiger partial charge in [-0.05, 0) is 19.1 Å². The van der Waals surface area contributed by atoms with Gasteiger partial charge in [-0.2, -0.15) is 13.2 Å². The van der Waals surface area contributed by atoms with E-state index in [1.165, 1.54) is 29.6 Å². The maximum Gasteiger partial charge on any atom is 0.412 e. The van der Waals surface area contributed by atoms with Crippen molar-refractivity contribution >= 4 is 11.9 Å². The Balaban J connectivity index is 3.04. The molecule has 0 aliphatic rings. The van der Waals surface area contributed by atoms with Gasteiger partial charge in [0.1, 0.15) is 0 Å². The number of alkyl halides is 3. The molecule has 110 valence electrons. The van der Waals surface area contributed by atoms with Gasteiger partial charge in [-0.1, -0.05) is 18.2 Å². The minimum absolute atomic E-state index is 0.0806. The van der Waals surface area contributed by atoms with E-state index < -0.39 is 29.7 Å². The zero-order valence-electron chi connectivity index (χ0n) is 10.3. The lowest BCUT2D eigenvalue weighted by Gasteiger charge is -2.31. The Morgan fingerprint density at radius 3 is 2.10 bits per heavy atom. The normalized spacial score (nSPS) is 16.1. The molecule has 3 N–H and O–H groups in total. The molecule has 0 saturated carbocycles. The number of carbonyl (C=O) groups is 2. The first-order valence-corrected chi connectivity index (χ1v) is 5.45. The largest absolute Gasteiger partial charge is 0.479 e. The zero-order chi connectivity index (χ0) is 15.6. The summed E-state index contributed by atoms with van der Waals surface area (Å²) in [6.07, 6.45) is -5.12. The van der Waals surface area contributed by atoms with Gasteiger partial charge < -0.3 is 15.5 Å². The molecule has 0 spiro atoms. The number of aliphatic carboxylic acids is 1. The molecule has 0 aromatic heterocycles. The lowest BCUT2D eigenvalue weighted by atomic mass is 9.95.